The Morgan fingerprint density at radius 2 is 1.72 bits per heavy atom. The van der Waals surface area contributed by atoms with Crippen molar-refractivity contribution in [2.75, 3.05) is 5.32 Å². The van der Waals surface area contributed by atoms with E-state index in [1.807, 2.05) is 30.3 Å². The molecular weight excluding hydrogens is 318 g/mol. The normalized spacial score (nSPS) is 10.6. The molecule has 2 aromatic carbocycles. The molecule has 0 spiro atoms. The Bertz CT molecular complexity index is 992. The van der Waals surface area contributed by atoms with Gasteiger partial charge in [-0.3, -0.25) is 4.79 Å². The van der Waals surface area contributed by atoms with Gasteiger partial charge in [-0.2, -0.15) is 4.98 Å². The number of amides is 1. The first-order chi connectivity index (χ1) is 12.3. The maximum absolute atomic E-state index is 12.4. The summed E-state index contributed by atoms with van der Waals surface area (Å²) in [6, 6.07) is 19.7. The van der Waals surface area contributed by atoms with Gasteiger partial charge in [-0.05, 0) is 36.4 Å². The van der Waals surface area contributed by atoms with Crippen LogP contribution in [0.3, 0.4) is 0 Å². The second-order valence-corrected chi connectivity index (χ2v) is 5.27. The third-order valence-corrected chi connectivity index (χ3v) is 3.61. The quantitative estimate of drug-likeness (QED) is 0.604. The molecule has 0 radical (unpaired) electrons. The van der Waals surface area contributed by atoms with Crippen molar-refractivity contribution in [3.8, 4) is 23.0 Å². The predicted octanol–water partition coefficient (Wildman–Crippen LogP) is 4.25. The van der Waals surface area contributed by atoms with E-state index >= 15 is 0 Å². The standard InChI is InChI=1S/C19H13N3O3/c23-18(13-7-2-1-3-8-13)20-15-10-5-4-9-14(15)19-21-17(22-25-19)16-11-6-12-24-16/h1-12H,(H,20,23). The highest BCUT2D eigenvalue weighted by Gasteiger charge is 2.16. The van der Waals surface area contributed by atoms with E-state index in [2.05, 4.69) is 15.5 Å². The fraction of sp³-hybridized carbons (Fsp3) is 0. The molecule has 1 amide bonds. The Morgan fingerprint density at radius 3 is 2.52 bits per heavy atom. The zero-order valence-corrected chi connectivity index (χ0v) is 13.0. The molecule has 0 aliphatic rings. The molecule has 1 N–H and O–H groups in total. The van der Waals surface area contributed by atoms with Gasteiger partial charge >= 0.3 is 0 Å². The van der Waals surface area contributed by atoms with Crippen LogP contribution in [0.4, 0.5) is 5.69 Å². The van der Waals surface area contributed by atoms with Gasteiger partial charge in [0.2, 0.25) is 5.82 Å². The molecule has 0 aliphatic heterocycles. The van der Waals surface area contributed by atoms with Crippen LogP contribution in [-0.4, -0.2) is 16.0 Å². The van der Waals surface area contributed by atoms with Gasteiger partial charge in [-0.25, -0.2) is 0 Å². The summed E-state index contributed by atoms with van der Waals surface area (Å²) in [5.41, 5.74) is 1.79. The number of nitrogens with zero attached hydrogens (tertiary/aromatic N) is 2. The van der Waals surface area contributed by atoms with Crippen molar-refractivity contribution in [2.45, 2.75) is 0 Å². The molecule has 2 heterocycles. The number of para-hydroxylation sites is 1. The van der Waals surface area contributed by atoms with E-state index in [0.717, 1.165) is 0 Å². The Hall–Kier alpha value is -3.67. The SMILES string of the molecule is O=C(Nc1ccccc1-c1nc(-c2ccco2)no1)c1ccccc1. The summed E-state index contributed by atoms with van der Waals surface area (Å²) in [4.78, 5) is 16.7. The molecule has 6 heteroatoms. The van der Waals surface area contributed by atoms with Crippen LogP contribution in [0.15, 0.2) is 81.9 Å². The van der Waals surface area contributed by atoms with E-state index in [4.69, 9.17) is 8.94 Å². The minimum absolute atomic E-state index is 0.209. The highest BCUT2D eigenvalue weighted by molar-refractivity contribution is 6.05. The number of aromatic nitrogens is 2. The molecule has 2 aromatic heterocycles. The van der Waals surface area contributed by atoms with Crippen LogP contribution in [0, 0.1) is 0 Å². The van der Waals surface area contributed by atoms with Crippen molar-refractivity contribution < 1.29 is 13.7 Å². The maximum Gasteiger partial charge on any atom is 0.260 e. The van der Waals surface area contributed by atoms with E-state index in [9.17, 15) is 4.79 Å². The van der Waals surface area contributed by atoms with Crippen LogP contribution in [0.25, 0.3) is 23.0 Å². The summed E-state index contributed by atoms with van der Waals surface area (Å²) < 4.78 is 10.6. The molecule has 0 atom stereocenters. The van der Waals surface area contributed by atoms with Crippen LogP contribution in [0.2, 0.25) is 0 Å². The van der Waals surface area contributed by atoms with E-state index in [0.29, 0.717) is 34.3 Å². The topological polar surface area (TPSA) is 81.2 Å². The lowest BCUT2D eigenvalue weighted by Gasteiger charge is -2.08. The highest BCUT2D eigenvalue weighted by Crippen LogP contribution is 2.28. The molecule has 6 nitrogen and oxygen atoms in total. The Kier molecular flexibility index (Phi) is 3.84. The Balaban J connectivity index is 1.65. The number of anilines is 1. The van der Waals surface area contributed by atoms with Gasteiger partial charge in [0, 0.05) is 5.56 Å². The van der Waals surface area contributed by atoms with Gasteiger partial charge in [0.05, 0.1) is 17.5 Å². The number of nitrogens with one attached hydrogen (secondary N) is 1. The molecule has 0 saturated carbocycles. The van der Waals surface area contributed by atoms with Crippen LogP contribution < -0.4 is 5.32 Å². The second-order valence-electron chi connectivity index (χ2n) is 5.27. The average Bonchev–Trinajstić information content (AvgIpc) is 3.34. The molecule has 0 unspecified atom stereocenters. The summed E-state index contributed by atoms with van der Waals surface area (Å²) in [5, 5.41) is 6.80. The Labute approximate surface area is 143 Å². The lowest BCUT2D eigenvalue weighted by Crippen LogP contribution is -2.12. The van der Waals surface area contributed by atoms with Crippen LogP contribution in [-0.2, 0) is 0 Å². The Morgan fingerprint density at radius 1 is 0.920 bits per heavy atom. The number of hydrogen-bond acceptors (Lipinski definition) is 5. The number of carbonyl (C=O) groups excluding carboxylic acids is 1. The molecule has 0 aliphatic carbocycles. The lowest BCUT2D eigenvalue weighted by atomic mass is 10.1. The van der Waals surface area contributed by atoms with Crippen molar-refractivity contribution >= 4 is 11.6 Å². The molecule has 0 saturated heterocycles. The van der Waals surface area contributed by atoms with Crippen LogP contribution >= 0.6 is 0 Å². The fourth-order valence-corrected chi connectivity index (χ4v) is 2.40. The highest BCUT2D eigenvalue weighted by atomic mass is 16.5. The summed E-state index contributed by atoms with van der Waals surface area (Å²) in [5.74, 6) is 0.958. The summed E-state index contributed by atoms with van der Waals surface area (Å²) in [6.45, 7) is 0. The third-order valence-electron chi connectivity index (χ3n) is 3.61. The zero-order valence-electron chi connectivity index (χ0n) is 13.0. The number of hydrogen-bond donors (Lipinski definition) is 1. The first kappa shape index (κ1) is 14.9. The smallest absolute Gasteiger partial charge is 0.260 e. The van der Waals surface area contributed by atoms with Crippen molar-refractivity contribution in [3.05, 3.63) is 78.6 Å². The van der Waals surface area contributed by atoms with Gasteiger partial charge in [-0.15, -0.1) is 0 Å². The molecule has 25 heavy (non-hydrogen) atoms. The van der Waals surface area contributed by atoms with Gasteiger partial charge in [0.15, 0.2) is 5.76 Å². The van der Waals surface area contributed by atoms with Crippen LogP contribution in [0.1, 0.15) is 10.4 Å². The second kappa shape index (κ2) is 6.45. The van der Waals surface area contributed by atoms with E-state index in [1.165, 1.54) is 0 Å². The average molecular weight is 331 g/mol. The zero-order chi connectivity index (χ0) is 17.1. The van der Waals surface area contributed by atoms with Gasteiger partial charge < -0.3 is 14.3 Å². The molecule has 122 valence electrons. The number of rotatable bonds is 4. The van der Waals surface area contributed by atoms with E-state index in [1.54, 1.807) is 42.7 Å². The van der Waals surface area contributed by atoms with Crippen LogP contribution in [0.5, 0.6) is 0 Å². The minimum Gasteiger partial charge on any atom is -0.461 e. The number of carbonyl (C=O) groups is 1. The minimum atomic E-state index is -0.209. The summed E-state index contributed by atoms with van der Waals surface area (Å²) in [7, 11) is 0. The summed E-state index contributed by atoms with van der Waals surface area (Å²) >= 11 is 0. The first-order valence-electron chi connectivity index (χ1n) is 7.64. The van der Waals surface area contributed by atoms with Crippen molar-refractivity contribution in [1.29, 1.82) is 0 Å². The number of benzene rings is 2. The third kappa shape index (κ3) is 3.05. The fourth-order valence-electron chi connectivity index (χ4n) is 2.40. The van der Waals surface area contributed by atoms with Crippen molar-refractivity contribution in [2.24, 2.45) is 0 Å². The molecule has 0 bridgehead atoms. The number of furan rings is 1. The van der Waals surface area contributed by atoms with Crippen molar-refractivity contribution in [1.82, 2.24) is 10.1 Å². The molecular formula is C19H13N3O3. The summed E-state index contributed by atoms with van der Waals surface area (Å²) in [6.07, 6.45) is 1.54. The van der Waals surface area contributed by atoms with E-state index < -0.39 is 0 Å². The molecule has 4 aromatic rings. The van der Waals surface area contributed by atoms with Crippen molar-refractivity contribution in [3.63, 3.8) is 0 Å². The van der Waals surface area contributed by atoms with Gasteiger partial charge in [0.25, 0.3) is 11.8 Å². The molecule has 0 fully saturated rings. The monoisotopic (exact) mass is 331 g/mol. The van der Waals surface area contributed by atoms with E-state index in [-0.39, 0.29) is 5.91 Å². The maximum atomic E-state index is 12.4. The molecule has 4 rings (SSSR count). The largest absolute Gasteiger partial charge is 0.461 e. The lowest BCUT2D eigenvalue weighted by molar-refractivity contribution is 0.102. The van der Waals surface area contributed by atoms with Gasteiger partial charge in [-0.1, -0.05) is 35.5 Å². The first-order valence-corrected chi connectivity index (χ1v) is 7.64. The predicted molar refractivity (Wildman–Crippen MR) is 91.8 cm³/mol. The van der Waals surface area contributed by atoms with Gasteiger partial charge in [0.1, 0.15) is 0 Å².